The van der Waals surface area contributed by atoms with E-state index < -0.39 is 24.4 Å². The molecule has 6 nitrogen and oxygen atoms in total. The zero-order valence-corrected chi connectivity index (χ0v) is 12.0. The average molecular weight is 302 g/mol. The van der Waals surface area contributed by atoms with Gasteiger partial charge in [0.05, 0.1) is 17.1 Å². The highest BCUT2D eigenvalue weighted by Gasteiger charge is 2.31. The Labute approximate surface area is 126 Å². The lowest BCUT2D eigenvalue weighted by Crippen LogP contribution is -2.39. The first-order valence-electron chi connectivity index (χ1n) is 7.08. The van der Waals surface area contributed by atoms with Crippen molar-refractivity contribution in [3.63, 3.8) is 0 Å². The maximum Gasteiger partial charge on any atom is 0.140 e. The zero-order chi connectivity index (χ0) is 15.9. The van der Waals surface area contributed by atoms with Crippen molar-refractivity contribution >= 4 is 21.8 Å². The van der Waals surface area contributed by atoms with Crippen molar-refractivity contribution in [1.29, 1.82) is 0 Å². The molecular weight excluding hydrogens is 284 g/mol. The molecule has 0 fully saturated rings. The predicted octanol–water partition coefficient (Wildman–Crippen LogP) is 0.852. The number of H-pyrrole nitrogens is 1. The van der Waals surface area contributed by atoms with Gasteiger partial charge in [-0.2, -0.15) is 0 Å². The third-order valence-corrected chi connectivity index (χ3v) is 3.82. The molecule has 116 valence electrons. The van der Waals surface area contributed by atoms with E-state index in [9.17, 15) is 20.4 Å². The van der Waals surface area contributed by atoms with Gasteiger partial charge in [0.1, 0.15) is 24.1 Å². The Balaban J connectivity index is 1.99. The number of aromatic nitrogens is 2. The first-order valence-corrected chi connectivity index (χ1v) is 7.08. The number of aliphatic hydroxyl groups excluding tert-OH is 4. The molecule has 3 aromatic rings. The van der Waals surface area contributed by atoms with Crippen LogP contribution in [0.3, 0.4) is 0 Å². The fraction of sp³-hybridized carbons (Fsp3) is 0.312. The predicted molar refractivity (Wildman–Crippen MR) is 82.3 cm³/mol. The Morgan fingerprint density at radius 2 is 1.59 bits per heavy atom. The molecule has 0 radical (unpaired) electrons. The van der Waals surface area contributed by atoms with Crippen LogP contribution in [0.1, 0.15) is 18.9 Å². The quantitative estimate of drug-likeness (QED) is 0.491. The fourth-order valence-corrected chi connectivity index (χ4v) is 2.49. The molecule has 0 unspecified atom stereocenters. The third-order valence-electron chi connectivity index (χ3n) is 3.82. The van der Waals surface area contributed by atoms with E-state index in [0.717, 1.165) is 16.3 Å². The maximum absolute atomic E-state index is 10.1. The van der Waals surface area contributed by atoms with Gasteiger partial charge in [0.2, 0.25) is 0 Å². The van der Waals surface area contributed by atoms with E-state index in [1.54, 1.807) is 0 Å². The number of rotatable bonds is 4. The van der Waals surface area contributed by atoms with Gasteiger partial charge in [-0.3, -0.25) is 0 Å². The summed E-state index contributed by atoms with van der Waals surface area (Å²) in [4.78, 5) is 7.22. The molecule has 0 bridgehead atoms. The zero-order valence-electron chi connectivity index (χ0n) is 12.0. The number of aliphatic hydroxyl groups is 4. The molecule has 0 aliphatic heterocycles. The SMILES string of the molecule is C[C@H](O)[C@H](O)[C@@H](O)[C@H](O)c1nc2cc3ccccc3cc2[nH]1. The van der Waals surface area contributed by atoms with Gasteiger partial charge in [-0.05, 0) is 29.8 Å². The molecule has 0 amide bonds. The molecule has 0 saturated carbocycles. The second-order valence-electron chi connectivity index (χ2n) is 5.51. The highest BCUT2D eigenvalue weighted by Crippen LogP contribution is 2.25. The van der Waals surface area contributed by atoms with Crippen molar-refractivity contribution in [2.75, 3.05) is 0 Å². The van der Waals surface area contributed by atoms with Gasteiger partial charge in [0.15, 0.2) is 0 Å². The van der Waals surface area contributed by atoms with E-state index in [2.05, 4.69) is 9.97 Å². The van der Waals surface area contributed by atoms with E-state index in [-0.39, 0.29) is 5.82 Å². The van der Waals surface area contributed by atoms with Crippen molar-refractivity contribution in [2.45, 2.75) is 31.3 Å². The molecular formula is C16H18N2O4. The molecule has 1 heterocycles. The second-order valence-corrected chi connectivity index (χ2v) is 5.51. The summed E-state index contributed by atoms with van der Waals surface area (Å²) in [6.45, 7) is 1.34. The molecule has 4 atom stereocenters. The monoisotopic (exact) mass is 302 g/mol. The Hall–Kier alpha value is -1.99. The van der Waals surface area contributed by atoms with Gasteiger partial charge in [-0.15, -0.1) is 0 Å². The summed E-state index contributed by atoms with van der Waals surface area (Å²) in [7, 11) is 0. The summed E-state index contributed by atoms with van der Waals surface area (Å²) in [5.74, 6) is 0.150. The highest BCUT2D eigenvalue weighted by atomic mass is 16.4. The van der Waals surface area contributed by atoms with Gasteiger partial charge < -0.3 is 25.4 Å². The van der Waals surface area contributed by atoms with Crippen LogP contribution < -0.4 is 0 Å². The van der Waals surface area contributed by atoms with Crippen LogP contribution in [0.2, 0.25) is 0 Å². The lowest BCUT2D eigenvalue weighted by atomic mass is 10.0. The minimum atomic E-state index is -1.53. The standard InChI is InChI=1S/C16H18N2O4/c1-8(19)13(20)14(21)15(22)16-17-11-6-9-4-2-3-5-10(9)7-12(11)18-16/h2-8,13-15,19-22H,1H3,(H,17,18)/t8-,13-,14+,15-/m0/s1. The Bertz CT molecular complexity index is 747. The van der Waals surface area contributed by atoms with Crippen molar-refractivity contribution in [3.05, 3.63) is 42.2 Å². The summed E-state index contributed by atoms with van der Waals surface area (Å²) in [6.07, 6.45) is -5.56. The molecule has 0 aliphatic rings. The minimum Gasteiger partial charge on any atom is -0.391 e. The number of fused-ring (bicyclic) bond motifs is 2. The minimum absolute atomic E-state index is 0.150. The number of nitrogens with one attached hydrogen (secondary N) is 1. The number of aromatic amines is 1. The van der Waals surface area contributed by atoms with Gasteiger partial charge in [-0.1, -0.05) is 24.3 Å². The molecule has 1 aromatic heterocycles. The molecule has 5 N–H and O–H groups in total. The average Bonchev–Trinajstić information content (AvgIpc) is 2.92. The molecule has 6 heteroatoms. The van der Waals surface area contributed by atoms with E-state index in [1.165, 1.54) is 6.92 Å². The molecule has 0 saturated heterocycles. The summed E-state index contributed by atoms with van der Waals surface area (Å²) in [6, 6.07) is 11.6. The van der Waals surface area contributed by atoms with Crippen LogP contribution in [0.25, 0.3) is 21.8 Å². The van der Waals surface area contributed by atoms with E-state index in [0.29, 0.717) is 5.52 Å². The molecule has 0 aliphatic carbocycles. The number of nitrogens with zero attached hydrogens (tertiary/aromatic N) is 1. The van der Waals surface area contributed by atoms with Crippen molar-refractivity contribution in [2.24, 2.45) is 0 Å². The van der Waals surface area contributed by atoms with Crippen LogP contribution in [0.15, 0.2) is 36.4 Å². The van der Waals surface area contributed by atoms with E-state index in [4.69, 9.17) is 0 Å². The van der Waals surface area contributed by atoms with Crippen molar-refractivity contribution in [1.82, 2.24) is 9.97 Å². The fourth-order valence-electron chi connectivity index (χ4n) is 2.49. The highest BCUT2D eigenvalue weighted by molar-refractivity contribution is 5.95. The van der Waals surface area contributed by atoms with Crippen molar-refractivity contribution in [3.8, 4) is 0 Å². The Morgan fingerprint density at radius 1 is 0.955 bits per heavy atom. The van der Waals surface area contributed by atoms with E-state index in [1.807, 2.05) is 36.4 Å². The van der Waals surface area contributed by atoms with Crippen LogP contribution >= 0.6 is 0 Å². The molecule has 0 spiro atoms. The van der Waals surface area contributed by atoms with Crippen LogP contribution in [-0.2, 0) is 0 Å². The second kappa shape index (κ2) is 5.66. The van der Waals surface area contributed by atoms with Crippen molar-refractivity contribution < 1.29 is 20.4 Å². The number of benzene rings is 2. The topological polar surface area (TPSA) is 110 Å². The number of hydrogen-bond donors (Lipinski definition) is 5. The Kier molecular flexibility index (Phi) is 3.84. The van der Waals surface area contributed by atoms with Crippen LogP contribution in [0, 0.1) is 0 Å². The Morgan fingerprint density at radius 3 is 2.23 bits per heavy atom. The van der Waals surface area contributed by atoms with Gasteiger partial charge in [0.25, 0.3) is 0 Å². The number of hydrogen-bond acceptors (Lipinski definition) is 5. The maximum atomic E-state index is 10.1. The van der Waals surface area contributed by atoms with Crippen LogP contribution in [0.4, 0.5) is 0 Å². The van der Waals surface area contributed by atoms with Gasteiger partial charge in [0, 0.05) is 0 Å². The van der Waals surface area contributed by atoms with Crippen LogP contribution in [-0.4, -0.2) is 48.7 Å². The lowest BCUT2D eigenvalue weighted by molar-refractivity contribution is -0.103. The molecule has 2 aromatic carbocycles. The normalized spacial score (nSPS) is 17.5. The lowest BCUT2D eigenvalue weighted by Gasteiger charge is -2.23. The number of imidazole rings is 1. The van der Waals surface area contributed by atoms with Crippen LogP contribution in [0.5, 0.6) is 0 Å². The third kappa shape index (κ3) is 2.57. The molecule has 22 heavy (non-hydrogen) atoms. The van der Waals surface area contributed by atoms with Gasteiger partial charge >= 0.3 is 0 Å². The first kappa shape index (κ1) is 14.9. The van der Waals surface area contributed by atoms with E-state index >= 15 is 0 Å². The molecule has 3 rings (SSSR count). The van der Waals surface area contributed by atoms with Gasteiger partial charge in [-0.25, -0.2) is 4.98 Å². The first-order chi connectivity index (χ1) is 10.5. The largest absolute Gasteiger partial charge is 0.391 e. The smallest absolute Gasteiger partial charge is 0.140 e. The summed E-state index contributed by atoms with van der Waals surface area (Å²) in [5.41, 5.74) is 1.39. The summed E-state index contributed by atoms with van der Waals surface area (Å²) in [5, 5.41) is 41.0. The summed E-state index contributed by atoms with van der Waals surface area (Å²) >= 11 is 0. The summed E-state index contributed by atoms with van der Waals surface area (Å²) < 4.78 is 0.